The maximum Gasteiger partial charge on any atom is 0.238 e. The Labute approximate surface area is 144 Å². The van der Waals surface area contributed by atoms with Crippen LogP contribution >= 0.6 is 12.4 Å². The molecule has 2 N–H and O–H groups in total. The standard InChI is InChI=1S/C17H25N3O2.ClH/c1-2-22-15-5-3-14(4-6-15)19-16(21)11-20-10-8-17(13-20)7-9-18-12-17;/h3-6,18H,2,7-13H2,1H3,(H,19,21);1H. The van der Waals surface area contributed by atoms with Crippen molar-refractivity contribution in [2.24, 2.45) is 5.41 Å². The predicted molar refractivity (Wildman–Crippen MR) is 94.5 cm³/mol. The van der Waals surface area contributed by atoms with E-state index >= 15 is 0 Å². The molecule has 128 valence electrons. The zero-order valence-corrected chi connectivity index (χ0v) is 14.5. The molecule has 5 nitrogen and oxygen atoms in total. The molecule has 1 aromatic carbocycles. The van der Waals surface area contributed by atoms with E-state index in [1.807, 2.05) is 31.2 Å². The number of ether oxygens (including phenoxy) is 1. The number of likely N-dealkylation sites (tertiary alicyclic amines) is 1. The first-order chi connectivity index (χ1) is 10.7. The molecule has 2 saturated heterocycles. The molecule has 2 aliphatic rings. The van der Waals surface area contributed by atoms with Gasteiger partial charge in [-0.25, -0.2) is 0 Å². The Balaban J connectivity index is 0.00000192. The van der Waals surface area contributed by atoms with Crippen LogP contribution in [0.5, 0.6) is 5.75 Å². The molecule has 0 radical (unpaired) electrons. The molecule has 2 fully saturated rings. The number of carbonyl (C=O) groups is 1. The predicted octanol–water partition coefficient (Wildman–Crippen LogP) is 2.13. The van der Waals surface area contributed by atoms with Crippen molar-refractivity contribution in [3.05, 3.63) is 24.3 Å². The Morgan fingerprint density at radius 1 is 1.35 bits per heavy atom. The maximum atomic E-state index is 12.2. The number of nitrogens with one attached hydrogen (secondary N) is 2. The Kier molecular flexibility index (Phi) is 6.27. The summed E-state index contributed by atoms with van der Waals surface area (Å²) in [6, 6.07) is 7.53. The van der Waals surface area contributed by atoms with Gasteiger partial charge in [-0.05, 0) is 62.5 Å². The molecule has 0 aromatic heterocycles. The largest absolute Gasteiger partial charge is 0.494 e. The minimum atomic E-state index is 0. The van der Waals surface area contributed by atoms with Crippen molar-refractivity contribution >= 4 is 24.0 Å². The van der Waals surface area contributed by atoms with Crippen molar-refractivity contribution in [1.29, 1.82) is 0 Å². The summed E-state index contributed by atoms with van der Waals surface area (Å²) in [5.74, 6) is 0.892. The van der Waals surface area contributed by atoms with Crippen LogP contribution < -0.4 is 15.4 Å². The average Bonchev–Trinajstić information content (AvgIpc) is 3.12. The fourth-order valence-corrected chi connectivity index (χ4v) is 3.51. The zero-order valence-electron chi connectivity index (χ0n) is 13.6. The number of rotatable bonds is 5. The van der Waals surface area contributed by atoms with Crippen molar-refractivity contribution in [3.8, 4) is 5.75 Å². The first-order valence-corrected chi connectivity index (χ1v) is 8.15. The van der Waals surface area contributed by atoms with Crippen LogP contribution in [-0.2, 0) is 4.79 Å². The third kappa shape index (κ3) is 4.59. The number of hydrogen-bond acceptors (Lipinski definition) is 4. The van der Waals surface area contributed by atoms with Gasteiger partial charge < -0.3 is 15.4 Å². The molecular weight excluding hydrogens is 314 g/mol. The van der Waals surface area contributed by atoms with Crippen LogP contribution in [0.2, 0.25) is 0 Å². The maximum absolute atomic E-state index is 12.2. The van der Waals surface area contributed by atoms with Gasteiger partial charge in [-0.3, -0.25) is 9.69 Å². The lowest BCUT2D eigenvalue weighted by Crippen LogP contribution is -2.34. The summed E-state index contributed by atoms with van der Waals surface area (Å²) < 4.78 is 5.40. The molecule has 0 aliphatic carbocycles. The number of anilines is 1. The molecule has 1 atom stereocenters. The van der Waals surface area contributed by atoms with Gasteiger partial charge in [0.25, 0.3) is 0 Å². The summed E-state index contributed by atoms with van der Waals surface area (Å²) in [6.07, 6.45) is 2.44. The SMILES string of the molecule is CCOc1ccc(NC(=O)CN2CCC3(CCNC3)C2)cc1.Cl. The molecule has 2 heterocycles. The van der Waals surface area contributed by atoms with E-state index < -0.39 is 0 Å². The first kappa shape index (κ1) is 18.0. The Morgan fingerprint density at radius 3 is 2.78 bits per heavy atom. The highest BCUT2D eigenvalue weighted by Gasteiger charge is 2.40. The lowest BCUT2D eigenvalue weighted by atomic mass is 9.87. The summed E-state index contributed by atoms with van der Waals surface area (Å²) in [4.78, 5) is 14.5. The third-order valence-corrected chi connectivity index (χ3v) is 4.67. The van der Waals surface area contributed by atoms with Crippen molar-refractivity contribution in [1.82, 2.24) is 10.2 Å². The highest BCUT2D eigenvalue weighted by Crippen LogP contribution is 2.35. The van der Waals surface area contributed by atoms with Crippen molar-refractivity contribution in [2.75, 3.05) is 44.6 Å². The van der Waals surface area contributed by atoms with Gasteiger partial charge in [0, 0.05) is 18.8 Å². The number of halogens is 1. The average molecular weight is 340 g/mol. The van der Waals surface area contributed by atoms with Gasteiger partial charge >= 0.3 is 0 Å². The second-order valence-electron chi connectivity index (χ2n) is 6.39. The molecular formula is C17H26ClN3O2. The fraction of sp³-hybridized carbons (Fsp3) is 0.588. The highest BCUT2D eigenvalue weighted by molar-refractivity contribution is 5.92. The minimum absolute atomic E-state index is 0. The normalized spacial score (nSPS) is 23.7. The second-order valence-corrected chi connectivity index (χ2v) is 6.39. The number of benzene rings is 1. The van der Waals surface area contributed by atoms with E-state index in [9.17, 15) is 4.79 Å². The summed E-state index contributed by atoms with van der Waals surface area (Å²) in [5, 5.41) is 6.41. The molecule has 3 rings (SSSR count). The van der Waals surface area contributed by atoms with Crippen molar-refractivity contribution in [2.45, 2.75) is 19.8 Å². The van der Waals surface area contributed by atoms with Crippen LogP contribution in [0.3, 0.4) is 0 Å². The lowest BCUT2D eigenvalue weighted by Gasteiger charge is -2.22. The summed E-state index contributed by atoms with van der Waals surface area (Å²) in [7, 11) is 0. The monoisotopic (exact) mass is 339 g/mol. The van der Waals surface area contributed by atoms with Crippen molar-refractivity contribution < 1.29 is 9.53 Å². The van der Waals surface area contributed by atoms with E-state index in [0.29, 0.717) is 18.6 Å². The molecule has 23 heavy (non-hydrogen) atoms. The molecule has 1 unspecified atom stereocenters. The second kappa shape index (κ2) is 7.99. The number of amides is 1. The van der Waals surface area contributed by atoms with Gasteiger partial charge in [0.15, 0.2) is 0 Å². The van der Waals surface area contributed by atoms with E-state index in [4.69, 9.17) is 4.74 Å². The van der Waals surface area contributed by atoms with Gasteiger partial charge in [-0.1, -0.05) is 0 Å². The molecule has 1 aromatic rings. The van der Waals surface area contributed by atoms with Crippen LogP contribution in [-0.4, -0.2) is 50.1 Å². The Bertz CT molecular complexity index is 515. The van der Waals surface area contributed by atoms with Crippen LogP contribution in [0.4, 0.5) is 5.69 Å². The highest BCUT2D eigenvalue weighted by atomic mass is 35.5. The number of nitrogens with zero attached hydrogens (tertiary/aromatic N) is 1. The van der Waals surface area contributed by atoms with E-state index in [0.717, 1.165) is 37.6 Å². The van der Waals surface area contributed by atoms with Gasteiger partial charge in [-0.2, -0.15) is 0 Å². The van der Waals surface area contributed by atoms with E-state index in [1.165, 1.54) is 12.8 Å². The molecule has 0 saturated carbocycles. The number of hydrogen-bond donors (Lipinski definition) is 2. The Morgan fingerprint density at radius 2 is 2.13 bits per heavy atom. The summed E-state index contributed by atoms with van der Waals surface area (Å²) >= 11 is 0. The zero-order chi connectivity index (χ0) is 15.4. The summed E-state index contributed by atoms with van der Waals surface area (Å²) in [6.45, 7) is 7.37. The first-order valence-electron chi connectivity index (χ1n) is 8.15. The number of carbonyl (C=O) groups excluding carboxylic acids is 1. The lowest BCUT2D eigenvalue weighted by molar-refractivity contribution is -0.117. The van der Waals surface area contributed by atoms with Gasteiger partial charge in [0.1, 0.15) is 5.75 Å². The topological polar surface area (TPSA) is 53.6 Å². The van der Waals surface area contributed by atoms with Crippen LogP contribution in [0.25, 0.3) is 0 Å². The molecule has 1 spiro atoms. The smallest absolute Gasteiger partial charge is 0.238 e. The van der Waals surface area contributed by atoms with Gasteiger partial charge in [0.2, 0.25) is 5.91 Å². The Hall–Kier alpha value is -1.30. The van der Waals surface area contributed by atoms with Crippen LogP contribution in [0, 0.1) is 5.41 Å². The molecule has 6 heteroatoms. The quantitative estimate of drug-likeness (QED) is 0.863. The van der Waals surface area contributed by atoms with Gasteiger partial charge in [-0.15, -0.1) is 12.4 Å². The van der Waals surface area contributed by atoms with E-state index in [-0.39, 0.29) is 18.3 Å². The fourth-order valence-electron chi connectivity index (χ4n) is 3.51. The van der Waals surface area contributed by atoms with E-state index in [1.54, 1.807) is 0 Å². The molecule has 2 aliphatic heterocycles. The molecule has 0 bridgehead atoms. The third-order valence-electron chi connectivity index (χ3n) is 4.67. The van der Waals surface area contributed by atoms with Crippen LogP contribution in [0.15, 0.2) is 24.3 Å². The van der Waals surface area contributed by atoms with Crippen LogP contribution in [0.1, 0.15) is 19.8 Å². The molecule has 1 amide bonds. The van der Waals surface area contributed by atoms with Crippen molar-refractivity contribution in [3.63, 3.8) is 0 Å². The van der Waals surface area contributed by atoms with E-state index in [2.05, 4.69) is 15.5 Å². The minimum Gasteiger partial charge on any atom is -0.494 e. The van der Waals surface area contributed by atoms with Gasteiger partial charge in [0.05, 0.1) is 13.2 Å². The summed E-state index contributed by atoms with van der Waals surface area (Å²) in [5.41, 5.74) is 1.24.